The topological polar surface area (TPSA) is 156 Å². The number of rotatable bonds is 4. The third-order valence-electron chi connectivity index (χ3n) is 5.63. The number of non-ortho nitro benzene ring substituents is 2. The highest BCUT2D eigenvalue weighted by atomic mass is 16.6. The van der Waals surface area contributed by atoms with Gasteiger partial charge in [-0.1, -0.05) is 18.2 Å². The Morgan fingerprint density at radius 2 is 1.69 bits per heavy atom. The Morgan fingerprint density at radius 1 is 1.03 bits per heavy atom. The fourth-order valence-electron chi connectivity index (χ4n) is 4.28. The van der Waals surface area contributed by atoms with Crippen LogP contribution in [-0.4, -0.2) is 15.6 Å². The summed E-state index contributed by atoms with van der Waals surface area (Å²) in [6, 6.07) is 13.6. The highest BCUT2D eigenvalue weighted by Gasteiger charge is 2.40. The fourth-order valence-corrected chi connectivity index (χ4v) is 4.28. The molecule has 1 atom stereocenters. The minimum atomic E-state index is -0.849. The average Bonchev–Trinajstić information content (AvgIpc) is 2.78. The standard InChI is InChI=1S/C22H17N5O5/c23-12-17-20(13-4-1-6-15(10-13)26(29)30)21-18(8-3-9-19(21)28)25(22(17)24)14-5-2-7-16(11-14)27(31)32/h1-2,4-7,10-11,20H,3,8-9,24H2/t20-/m0/s1. The molecule has 2 aromatic rings. The van der Waals surface area contributed by atoms with Crippen molar-refractivity contribution < 1.29 is 14.6 Å². The van der Waals surface area contributed by atoms with Gasteiger partial charge in [0.2, 0.25) is 0 Å². The first-order valence-corrected chi connectivity index (χ1v) is 9.78. The van der Waals surface area contributed by atoms with Crippen molar-refractivity contribution in [2.75, 3.05) is 4.90 Å². The number of nitrogens with zero attached hydrogens (tertiary/aromatic N) is 4. The lowest BCUT2D eigenvalue weighted by molar-refractivity contribution is -0.385. The smallest absolute Gasteiger partial charge is 0.271 e. The quantitative estimate of drug-likeness (QED) is 0.565. The highest BCUT2D eigenvalue weighted by Crippen LogP contribution is 2.46. The van der Waals surface area contributed by atoms with E-state index in [2.05, 4.69) is 6.07 Å². The van der Waals surface area contributed by atoms with Crippen molar-refractivity contribution in [1.29, 1.82) is 5.26 Å². The number of hydrogen-bond donors (Lipinski definition) is 1. The van der Waals surface area contributed by atoms with Gasteiger partial charge in [0.25, 0.3) is 11.4 Å². The molecule has 2 aromatic carbocycles. The van der Waals surface area contributed by atoms with Crippen LogP contribution in [0.3, 0.4) is 0 Å². The van der Waals surface area contributed by atoms with Crippen LogP contribution in [0.15, 0.2) is 71.2 Å². The Morgan fingerprint density at radius 3 is 2.34 bits per heavy atom. The van der Waals surface area contributed by atoms with E-state index in [4.69, 9.17) is 5.73 Å². The van der Waals surface area contributed by atoms with Crippen molar-refractivity contribution in [2.45, 2.75) is 25.2 Å². The minimum Gasteiger partial charge on any atom is -0.384 e. The SMILES string of the molecule is N#CC1=C(N)N(c2cccc([N+](=O)[O-])c2)C2=C(C(=O)CCC2)[C@H]1c1cccc([N+](=O)[O-])c1. The lowest BCUT2D eigenvalue weighted by Gasteiger charge is -2.39. The number of Topliss-reactive ketones (excluding diaryl/α,β-unsaturated/α-hetero) is 1. The summed E-state index contributed by atoms with van der Waals surface area (Å²) in [6.07, 6.45) is 1.29. The molecule has 0 fully saturated rings. The number of benzene rings is 2. The molecule has 0 bridgehead atoms. The van der Waals surface area contributed by atoms with Gasteiger partial charge in [-0.05, 0) is 24.5 Å². The molecule has 2 N–H and O–H groups in total. The molecular formula is C22H17N5O5. The van der Waals surface area contributed by atoms with E-state index < -0.39 is 15.8 Å². The van der Waals surface area contributed by atoms with Gasteiger partial charge in [0.1, 0.15) is 5.82 Å². The summed E-state index contributed by atoms with van der Waals surface area (Å²) in [7, 11) is 0. The number of nitro benzene ring substituents is 2. The Bertz CT molecular complexity index is 1270. The minimum absolute atomic E-state index is 0.0398. The maximum Gasteiger partial charge on any atom is 0.271 e. The lowest BCUT2D eigenvalue weighted by Crippen LogP contribution is -2.38. The van der Waals surface area contributed by atoms with E-state index in [1.807, 2.05) is 0 Å². The number of nitrogens with two attached hydrogens (primary N) is 1. The van der Waals surface area contributed by atoms with Crippen molar-refractivity contribution in [3.8, 4) is 6.07 Å². The first kappa shape index (κ1) is 20.7. The summed E-state index contributed by atoms with van der Waals surface area (Å²) in [4.78, 5) is 36.0. The van der Waals surface area contributed by atoms with Crippen LogP contribution in [0.1, 0.15) is 30.7 Å². The van der Waals surface area contributed by atoms with Crippen LogP contribution in [0.4, 0.5) is 17.1 Å². The van der Waals surface area contributed by atoms with Gasteiger partial charge in [0.05, 0.1) is 33.1 Å². The van der Waals surface area contributed by atoms with Crippen molar-refractivity contribution in [3.05, 3.63) is 97.0 Å². The van der Waals surface area contributed by atoms with Crippen LogP contribution in [0, 0.1) is 31.6 Å². The molecule has 1 aliphatic carbocycles. The second kappa shape index (κ2) is 7.96. The number of carbonyl (C=O) groups excluding carboxylic acids is 1. The molecule has 0 unspecified atom stereocenters. The molecule has 2 aliphatic rings. The number of ketones is 1. The number of allylic oxidation sites excluding steroid dienone is 3. The number of anilines is 1. The Balaban J connectivity index is 1.96. The van der Waals surface area contributed by atoms with Crippen LogP contribution < -0.4 is 10.6 Å². The van der Waals surface area contributed by atoms with Crippen LogP contribution in [0.5, 0.6) is 0 Å². The van der Waals surface area contributed by atoms with E-state index in [1.165, 1.54) is 41.3 Å². The Labute approximate surface area is 182 Å². The summed E-state index contributed by atoms with van der Waals surface area (Å²) in [6.45, 7) is 0. The molecule has 0 saturated heterocycles. The molecule has 0 spiro atoms. The molecule has 1 aliphatic heterocycles. The number of hydrogen-bond acceptors (Lipinski definition) is 8. The molecular weight excluding hydrogens is 414 g/mol. The molecule has 0 saturated carbocycles. The van der Waals surface area contributed by atoms with E-state index in [0.29, 0.717) is 35.4 Å². The number of carbonyl (C=O) groups is 1. The summed E-state index contributed by atoms with van der Waals surface area (Å²) in [5, 5.41) is 32.5. The molecule has 10 heteroatoms. The van der Waals surface area contributed by atoms with E-state index in [0.717, 1.165) is 0 Å². The summed E-state index contributed by atoms with van der Waals surface area (Å²) >= 11 is 0. The van der Waals surface area contributed by atoms with Crippen molar-refractivity contribution >= 4 is 22.8 Å². The van der Waals surface area contributed by atoms with Gasteiger partial charge >= 0.3 is 0 Å². The van der Waals surface area contributed by atoms with Gasteiger partial charge in [-0.2, -0.15) is 5.26 Å². The molecule has 32 heavy (non-hydrogen) atoms. The predicted molar refractivity (Wildman–Crippen MR) is 114 cm³/mol. The maximum atomic E-state index is 13.1. The van der Waals surface area contributed by atoms with Gasteiger partial charge in [0.15, 0.2) is 5.78 Å². The van der Waals surface area contributed by atoms with Gasteiger partial charge < -0.3 is 5.73 Å². The lowest BCUT2D eigenvalue weighted by atomic mass is 9.75. The van der Waals surface area contributed by atoms with Crippen LogP contribution in [0.25, 0.3) is 0 Å². The Kier molecular flexibility index (Phi) is 5.16. The fraction of sp³-hybridized carbons (Fsp3) is 0.182. The van der Waals surface area contributed by atoms with Crippen LogP contribution in [0.2, 0.25) is 0 Å². The van der Waals surface area contributed by atoms with Gasteiger partial charge in [-0.3, -0.25) is 29.9 Å². The van der Waals surface area contributed by atoms with Crippen LogP contribution in [-0.2, 0) is 4.79 Å². The third-order valence-corrected chi connectivity index (χ3v) is 5.63. The second-order valence-electron chi connectivity index (χ2n) is 7.45. The molecule has 10 nitrogen and oxygen atoms in total. The average molecular weight is 431 g/mol. The molecule has 0 aromatic heterocycles. The number of nitro groups is 2. The molecule has 1 heterocycles. The molecule has 0 amide bonds. The second-order valence-corrected chi connectivity index (χ2v) is 7.45. The summed E-state index contributed by atoms with van der Waals surface area (Å²) in [5.41, 5.74) is 7.82. The van der Waals surface area contributed by atoms with Crippen LogP contribution >= 0.6 is 0 Å². The van der Waals surface area contributed by atoms with Gasteiger partial charge in [-0.25, -0.2) is 0 Å². The van der Waals surface area contributed by atoms with E-state index in [-0.39, 0.29) is 35.0 Å². The van der Waals surface area contributed by atoms with Gasteiger partial charge in [-0.15, -0.1) is 0 Å². The molecule has 4 rings (SSSR count). The van der Waals surface area contributed by atoms with E-state index >= 15 is 0 Å². The normalized spacial score (nSPS) is 18.3. The summed E-state index contributed by atoms with van der Waals surface area (Å²) < 4.78 is 0. The summed E-state index contributed by atoms with van der Waals surface area (Å²) in [5.74, 6) is -0.992. The first-order chi connectivity index (χ1) is 15.3. The van der Waals surface area contributed by atoms with Crippen molar-refractivity contribution in [1.82, 2.24) is 0 Å². The largest absolute Gasteiger partial charge is 0.384 e. The Hall–Kier alpha value is -4.52. The van der Waals surface area contributed by atoms with Crippen molar-refractivity contribution in [3.63, 3.8) is 0 Å². The maximum absolute atomic E-state index is 13.1. The monoisotopic (exact) mass is 431 g/mol. The van der Waals surface area contributed by atoms with Crippen molar-refractivity contribution in [2.24, 2.45) is 5.73 Å². The highest BCUT2D eigenvalue weighted by molar-refractivity contribution is 6.01. The van der Waals surface area contributed by atoms with Gasteiger partial charge in [0, 0.05) is 42.0 Å². The predicted octanol–water partition coefficient (Wildman–Crippen LogP) is 3.81. The first-order valence-electron chi connectivity index (χ1n) is 9.78. The number of nitriles is 1. The zero-order valence-corrected chi connectivity index (χ0v) is 16.7. The van der Waals surface area contributed by atoms with E-state index in [1.54, 1.807) is 12.1 Å². The molecule has 0 radical (unpaired) electrons. The zero-order chi connectivity index (χ0) is 23.0. The molecule has 160 valence electrons. The zero-order valence-electron chi connectivity index (χ0n) is 16.7. The van der Waals surface area contributed by atoms with E-state index in [9.17, 15) is 30.3 Å². The third kappa shape index (κ3) is 3.35.